The predicted molar refractivity (Wildman–Crippen MR) is 51.6 cm³/mol. The molecular weight excluding hydrogens is 239 g/mol. The summed E-state index contributed by atoms with van der Waals surface area (Å²) in [7, 11) is 0. The number of alkyl halides is 1. The smallest absolute Gasteiger partial charge is 0.0727 e. The third kappa shape index (κ3) is 2.23. The molecule has 1 saturated heterocycles. The molecule has 0 aliphatic carbocycles. The molecule has 0 aromatic rings. The quantitative estimate of drug-likeness (QED) is 0.417. The third-order valence-electron chi connectivity index (χ3n) is 1.73. The van der Waals surface area contributed by atoms with Gasteiger partial charge in [-0.1, -0.05) is 34.7 Å². The summed E-state index contributed by atoms with van der Waals surface area (Å²) in [5.41, 5.74) is 0. The zero-order chi connectivity index (χ0) is 7.40. The highest BCUT2D eigenvalue weighted by molar-refractivity contribution is 14.1. The summed E-state index contributed by atoms with van der Waals surface area (Å²) >= 11 is 2.47. The molecule has 0 unspecified atom stereocenters. The van der Waals surface area contributed by atoms with Gasteiger partial charge < -0.3 is 4.74 Å². The molecule has 1 heterocycles. The first-order valence-electron chi connectivity index (χ1n) is 3.71. The van der Waals surface area contributed by atoms with Crippen LogP contribution < -0.4 is 0 Å². The lowest BCUT2D eigenvalue weighted by atomic mass is 10.2. The van der Waals surface area contributed by atoms with E-state index >= 15 is 0 Å². The third-order valence-corrected chi connectivity index (χ3v) is 3.16. The summed E-state index contributed by atoms with van der Waals surface area (Å²) in [5.74, 6) is 0. The molecule has 0 amide bonds. The van der Waals surface area contributed by atoms with E-state index in [1.807, 2.05) is 0 Å². The van der Waals surface area contributed by atoms with E-state index in [9.17, 15) is 0 Å². The molecule has 0 radical (unpaired) electrons. The molecule has 0 aromatic carbocycles. The zero-order valence-electron chi connectivity index (χ0n) is 6.22. The number of allylic oxidation sites excluding steroid dienone is 1. The molecular formula is C8H13IO. The van der Waals surface area contributed by atoms with Crippen LogP contribution in [-0.4, -0.2) is 16.6 Å². The topological polar surface area (TPSA) is 9.23 Å². The van der Waals surface area contributed by atoms with Gasteiger partial charge in [-0.25, -0.2) is 0 Å². The zero-order valence-corrected chi connectivity index (χ0v) is 8.37. The van der Waals surface area contributed by atoms with Crippen molar-refractivity contribution in [1.29, 1.82) is 0 Å². The van der Waals surface area contributed by atoms with E-state index in [1.54, 1.807) is 0 Å². The molecule has 1 fully saturated rings. The van der Waals surface area contributed by atoms with Gasteiger partial charge in [-0.15, -0.1) is 0 Å². The molecule has 1 rings (SSSR count). The van der Waals surface area contributed by atoms with E-state index in [1.165, 1.54) is 6.42 Å². The molecule has 1 aliphatic rings. The van der Waals surface area contributed by atoms with Gasteiger partial charge in [-0.3, -0.25) is 0 Å². The van der Waals surface area contributed by atoms with Crippen molar-refractivity contribution in [2.24, 2.45) is 0 Å². The van der Waals surface area contributed by atoms with Crippen molar-refractivity contribution in [1.82, 2.24) is 0 Å². The maximum absolute atomic E-state index is 5.51. The minimum absolute atomic E-state index is 0.483. The van der Waals surface area contributed by atoms with Crippen LogP contribution in [-0.2, 0) is 4.74 Å². The number of hydrogen-bond acceptors (Lipinski definition) is 1. The van der Waals surface area contributed by atoms with Crippen molar-refractivity contribution in [3.8, 4) is 0 Å². The Morgan fingerprint density at radius 1 is 1.70 bits per heavy atom. The van der Waals surface area contributed by atoms with Gasteiger partial charge in [0.25, 0.3) is 0 Å². The van der Waals surface area contributed by atoms with E-state index in [-0.39, 0.29) is 0 Å². The second kappa shape index (κ2) is 4.34. The average Bonchev–Trinajstić information content (AvgIpc) is 2.31. The van der Waals surface area contributed by atoms with Gasteiger partial charge in [0.1, 0.15) is 0 Å². The molecule has 1 nitrogen and oxygen atoms in total. The van der Waals surface area contributed by atoms with E-state index in [0.717, 1.165) is 17.0 Å². The number of rotatable bonds is 2. The molecule has 2 atom stereocenters. The number of hydrogen-bond donors (Lipinski definition) is 0. The summed E-state index contributed by atoms with van der Waals surface area (Å²) in [4.78, 5) is 0. The first kappa shape index (κ1) is 8.53. The van der Waals surface area contributed by atoms with Gasteiger partial charge in [0, 0.05) is 10.5 Å². The predicted octanol–water partition coefficient (Wildman–Crippen LogP) is 2.55. The van der Waals surface area contributed by atoms with Crippen LogP contribution in [0.15, 0.2) is 12.2 Å². The molecule has 0 saturated carbocycles. The maximum Gasteiger partial charge on any atom is 0.0727 e. The molecule has 1 aliphatic heterocycles. The van der Waals surface area contributed by atoms with Crippen molar-refractivity contribution in [2.75, 3.05) is 6.61 Å². The summed E-state index contributed by atoms with van der Waals surface area (Å²) in [5, 5.41) is 0. The Hall–Kier alpha value is 0.430. The summed E-state index contributed by atoms with van der Waals surface area (Å²) in [6.07, 6.45) is 7.07. The largest absolute Gasteiger partial charge is 0.377 e. The van der Waals surface area contributed by atoms with Gasteiger partial charge in [-0.05, 0) is 19.8 Å². The Labute approximate surface area is 76.0 Å². The van der Waals surface area contributed by atoms with Crippen LogP contribution in [0, 0.1) is 0 Å². The molecule has 2 heteroatoms. The summed E-state index contributed by atoms with van der Waals surface area (Å²) in [6.45, 7) is 3.01. The summed E-state index contributed by atoms with van der Waals surface area (Å²) < 4.78 is 6.24. The average molecular weight is 252 g/mol. The Bertz CT molecular complexity index is 122. The Morgan fingerprint density at radius 3 is 3.00 bits per heavy atom. The monoisotopic (exact) mass is 252 g/mol. The Kier molecular flexibility index (Phi) is 3.70. The fourth-order valence-corrected chi connectivity index (χ4v) is 1.86. The Balaban J connectivity index is 2.26. The highest BCUT2D eigenvalue weighted by atomic mass is 127. The molecule has 0 bridgehead atoms. The van der Waals surface area contributed by atoms with Gasteiger partial charge in [0.2, 0.25) is 0 Å². The molecule has 0 aromatic heterocycles. The molecule has 0 N–H and O–H groups in total. The fraction of sp³-hybridized carbons (Fsp3) is 0.750. The van der Waals surface area contributed by atoms with Crippen LogP contribution in [0.3, 0.4) is 0 Å². The molecule has 0 spiro atoms. The summed E-state index contributed by atoms with van der Waals surface area (Å²) in [6, 6.07) is 0. The van der Waals surface area contributed by atoms with Crippen LogP contribution in [0.25, 0.3) is 0 Å². The lowest BCUT2D eigenvalue weighted by molar-refractivity contribution is 0.117. The first-order chi connectivity index (χ1) is 4.84. The highest BCUT2D eigenvalue weighted by Crippen LogP contribution is 2.24. The van der Waals surface area contributed by atoms with Gasteiger partial charge in [0.15, 0.2) is 0 Å². The normalized spacial score (nSPS) is 33.8. The second-order valence-electron chi connectivity index (χ2n) is 2.52. The van der Waals surface area contributed by atoms with Crippen molar-refractivity contribution >= 4 is 22.6 Å². The number of halogens is 1. The second-order valence-corrected chi connectivity index (χ2v) is 4.12. The van der Waals surface area contributed by atoms with Gasteiger partial charge in [0.05, 0.1) is 6.10 Å². The minimum Gasteiger partial charge on any atom is -0.377 e. The van der Waals surface area contributed by atoms with Crippen molar-refractivity contribution in [2.45, 2.75) is 29.8 Å². The van der Waals surface area contributed by atoms with Crippen LogP contribution in [0.5, 0.6) is 0 Å². The SMILES string of the molecule is C/C=C\C[C@@H]1OCC[C@@H]1I. The highest BCUT2D eigenvalue weighted by Gasteiger charge is 2.23. The van der Waals surface area contributed by atoms with Gasteiger partial charge >= 0.3 is 0 Å². The van der Waals surface area contributed by atoms with Crippen LogP contribution in [0.1, 0.15) is 19.8 Å². The lowest BCUT2D eigenvalue weighted by Gasteiger charge is -2.09. The van der Waals surface area contributed by atoms with Crippen LogP contribution in [0.4, 0.5) is 0 Å². The van der Waals surface area contributed by atoms with E-state index in [2.05, 4.69) is 41.7 Å². The molecule has 10 heavy (non-hydrogen) atoms. The fourth-order valence-electron chi connectivity index (χ4n) is 1.11. The molecule has 58 valence electrons. The number of ether oxygens (including phenoxy) is 1. The van der Waals surface area contributed by atoms with Gasteiger partial charge in [-0.2, -0.15) is 0 Å². The maximum atomic E-state index is 5.51. The Morgan fingerprint density at radius 2 is 2.50 bits per heavy atom. The minimum atomic E-state index is 0.483. The standard InChI is InChI=1S/C8H13IO/c1-2-3-4-8-7(9)5-6-10-8/h2-3,7-8H,4-6H2,1H3/b3-2-/t7-,8-/m0/s1. The van der Waals surface area contributed by atoms with Crippen LogP contribution in [0.2, 0.25) is 0 Å². The van der Waals surface area contributed by atoms with Crippen LogP contribution >= 0.6 is 22.6 Å². The lowest BCUT2D eigenvalue weighted by Crippen LogP contribution is -2.13. The van der Waals surface area contributed by atoms with E-state index in [0.29, 0.717) is 6.10 Å². The first-order valence-corrected chi connectivity index (χ1v) is 4.96. The van der Waals surface area contributed by atoms with Crippen molar-refractivity contribution in [3.05, 3.63) is 12.2 Å². The van der Waals surface area contributed by atoms with Crippen molar-refractivity contribution in [3.63, 3.8) is 0 Å². The van der Waals surface area contributed by atoms with E-state index in [4.69, 9.17) is 4.74 Å². The van der Waals surface area contributed by atoms with Crippen molar-refractivity contribution < 1.29 is 4.74 Å². The van der Waals surface area contributed by atoms with E-state index < -0.39 is 0 Å².